The highest BCUT2D eigenvalue weighted by Gasteiger charge is 2.20. The Morgan fingerprint density at radius 1 is 1.43 bits per heavy atom. The quantitative estimate of drug-likeness (QED) is 0.606. The van der Waals surface area contributed by atoms with E-state index in [1.54, 1.807) is 18.7 Å². The fraction of sp³-hybridized carbons (Fsp3) is 0.333. The minimum absolute atomic E-state index is 0.645. The molecular weight excluding hydrogens is 192 g/mol. The van der Waals surface area contributed by atoms with Gasteiger partial charge < -0.3 is 5.11 Å². The zero-order chi connectivity index (χ0) is 10.6. The third-order valence-corrected chi connectivity index (χ3v) is 3.49. The SMILES string of the molecule is C=C(C)C(C)(O)CSc1ccccc1. The molecule has 1 unspecified atom stereocenters. The molecule has 14 heavy (non-hydrogen) atoms. The Bertz CT molecular complexity index is 303. The average Bonchev–Trinajstić information content (AvgIpc) is 2.16. The second-order valence-electron chi connectivity index (χ2n) is 3.66. The highest BCUT2D eigenvalue weighted by atomic mass is 32.2. The molecule has 76 valence electrons. The summed E-state index contributed by atoms with van der Waals surface area (Å²) in [5.41, 5.74) is 0.0291. The molecule has 0 amide bonds. The van der Waals surface area contributed by atoms with E-state index in [-0.39, 0.29) is 0 Å². The summed E-state index contributed by atoms with van der Waals surface area (Å²) in [4.78, 5) is 1.18. The van der Waals surface area contributed by atoms with Crippen molar-refractivity contribution in [2.24, 2.45) is 0 Å². The molecule has 0 fully saturated rings. The van der Waals surface area contributed by atoms with Crippen LogP contribution in [-0.4, -0.2) is 16.5 Å². The first-order valence-electron chi connectivity index (χ1n) is 4.58. The van der Waals surface area contributed by atoms with Crippen molar-refractivity contribution in [2.45, 2.75) is 24.3 Å². The van der Waals surface area contributed by atoms with Crippen molar-refractivity contribution in [3.05, 3.63) is 42.5 Å². The standard InChI is InChI=1S/C12H16OS/c1-10(2)12(3,13)9-14-11-7-5-4-6-8-11/h4-8,13H,1,9H2,2-3H3. The van der Waals surface area contributed by atoms with Gasteiger partial charge in [0.05, 0.1) is 5.60 Å². The van der Waals surface area contributed by atoms with Crippen LogP contribution in [0.5, 0.6) is 0 Å². The lowest BCUT2D eigenvalue weighted by atomic mass is 10.0. The topological polar surface area (TPSA) is 20.2 Å². The first-order chi connectivity index (χ1) is 6.52. The van der Waals surface area contributed by atoms with Gasteiger partial charge in [0, 0.05) is 10.6 Å². The van der Waals surface area contributed by atoms with E-state index < -0.39 is 5.60 Å². The number of aliphatic hydroxyl groups is 1. The van der Waals surface area contributed by atoms with Crippen molar-refractivity contribution in [2.75, 3.05) is 5.75 Å². The van der Waals surface area contributed by atoms with E-state index in [0.717, 1.165) is 5.57 Å². The van der Waals surface area contributed by atoms with E-state index in [0.29, 0.717) is 5.75 Å². The summed E-state index contributed by atoms with van der Waals surface area (Å²) >= 11 is 1.64. The second-order valence-corrected chi connectivity index (χ2v) is 4.70. The maximum absolute atomic E-state index is 9.93. The summed E-state index contributed by atoms with van der Waals surface area (Å²) < 4.78 is 0. The zero-order valence-corrected chi connectivity index (χ0v) is 9.47. The monoisotopic (exact) mass is 208 g/mol. The van der Waals surface area contributed by atoms with Gasteiger partial charge in [0.1, 0.15) is 0 Å². The lowest BCUT2D eigenvalue weighted by Gasteiger charge is -2.22. The Labute approximate surface area is 89.8 Å². The van der Waals surface area contributed by atoms with Crippen molar-refractivity contribution < 1.29 is 5.11 Å². The minimum atomic E-state index is -0.777. The summed E-state index contributed by atoms with van der Waals surface area (Å²) in [7, 11) is 0. The van der Waals surface area contributed by atoms with Crippen LogP contribution in [0.15, 0.2) is 47.4 Å². The van der Waals surface area contributed by atoms with E-state index >= 15 is 0 Å². The van der Waals surface area contributed by atoms with Gasteiger partial charge in [-0.3, -0.25) is 0 Å². The van der Waals surface area contributed by atoms with Crippen LogP contribution in [0.3, 0.4) is 0 Å². The van der Waals surface area contributed by atoms with Gasteiger partial charge >= 0.3 is 0 Å². The molecule has 1 aromatic carbocycles. The molecule has 0 aliphatic heterocycles. The van der Waals surface area contributed by atoms with Crippen LogP contribution < -0.4 is 0 Å². The van der Waals surface area contributed by atoms with Gasteiger partial charge in [-0.25, -0.2) is 0 Å². The molecule has 0 aromatic heterocycles. The molecule has 0 radical (unpaired) electrons. The average molecular weight is 208 g/mol. The fourth-order valence-electron chi connectivity index (χ4n) is 0.864. The maximum Gasteiger partial charge on any atom is 0.0916 e. The lowest BCUT2D eigenvalue weighted by molar-refractivity contribution is 0.125. The summed E-state index contributed by atoms with van der Waals surface area (Å²) in [6.45, 7) is 7.43. The summed E-state index contributed by atoms with van der Waals surface area (Å²) in [6, 6.07) is 10.1. The third-order valence-electron chi connectivity index (χ3n) is 2.18. The normalized spacial score (nSPS) is 14.8. The Morgan fingerprint density at radius 2 is 2.00 bits per heavy atom. The molecular formula is C12H16OS. The van der Waals surface area contributed by atoms with Gasteiger partial charge in [-0.1, -0.05) is 24.8 Å². The second kappa shape index (κ2) is 4.67. The van der Waals surface area contributed by atoms with Crippen LogP contribution in [0, 0.1) is 0 Å². The number of thioether (sulfide) groups is 1. The Balaban J connectivity index is 2.53. The van der Waals surface area contributed by atoms with Crippen LogP contribution in [0.4, 0.5) is 0 Å². The Morgan fingerprint density at radius 3 is 2.50 bits per heavy atom. The van der Waals surface area contributed by atoms with Gasteiger partial charge in [-0.15, -0.1) is 11.8 Å². The smallest absolute Gasteiger partial charge is 0.0916 e. The molecule has 0 saturated carbocycles. The highest BCUT2D eigenvalue weighted by Crippen LogP contribution is 2.25. The van der Waals surface area contributed by atoms with E-state index in [1.807, 2.05) is 37.3 Å². The van der Waals surface area contributed by atoms with Crippen LogP contribution in [0.2, 0.25) is 0 Å². The van der Waals surface area contributed by atoms with Crippen LogP contribution in [0.1, 0.15) is 13.8 Å². The van der Waals surface area contributed by atoms with Gasteiger partial charge in [0.15, 0.2) is 0 Å². The van der Waals surface area contributed by atoms with Gasteiger partial charge in [0.2, 0.25) is 0 Å². The van der Waals surface area contributed by atoms with Gasteiger partial charge in [-0.2, -0.15) is 0 Å². The van der Waals surface area contributed by atoms with E-state index in [4.69, 9.17) is 0 Å². The molecule has 1 nitrogen and oxygen atoms in total. The molecule has 0 aliphatic carbocycles. The molecule has 1 rings (SSSR count). The van der Waals surface area contributed by atoms with E-state index in [2.05, 4.69) is 6.58 Å². The molecule has 1 atom stereocenters. The molecule has 0 aliphatic rings. The van der Waals surface area contributed by atoms with E-state index in [9.17, 15) is 5.11 Å². The number of hydrogen-bond acceptors (Lipinski definition) is 2. The Kier molecular flexibility index (Phi) is 3.78. The number of benzene rings is 1. The predicted molar refractivity (Wildman–Crippen MR) is 62.6 cm³/mol. The van der Waals surface area contributed by atoms with Crippen molar-refractivity contribution in [1.82, 2.24) is 0 Å². The molecule has 0 bridgehead atoms. The molecule has 1 N–H and O–H groups in total. The predicted octanol–water partition coefficient (Wildman–Crippen LogP) is 3.11. The zero-order valence-electron chi connectivity index (χ0n) is 8.66. The maximum atomic E-state index is 9.93. The van der Waals surface area contributed by atoms with Gasteiger partial charge in [0.25, 0.3) is 0 Å². The lowest BCUT2D eigenvalue weighted by Crippen LogP contribution is -2.28. The third kappa shape index (κ3) is 3.20. The highest BCUT2D eigenvalue weighted by molar-refractivity contribution is 7.99. The van der Waals surface area contributed by atoms with Crippen molar-refractivity contribution in [3.63, 3.8) is 0 Å². The first-order valence-corrected chi connectivity index (χ1v) is 5.57. The summed E-state index contributed by atoms with van der Waals surface area (Å²) in [5.74, 6) is 0.645. The fourth-order valence-corrected chi connectivity index (χ4v) is 1.91. The molecule has 1 aromatic rings. The van der Waals surface area contributed by atoms with E-state index in [1.165, 1.54) is 4.90 Å². The summed E-state index contributed by atoms with van der Waals surface area (Å²) in [5, 5.41) is 9.93. The van der Waals surface area contributed by atoms with Crippen LogP contribution >= 0.6 is 11.8 Å². The van der Waals surface area contributed by atoms with Crippen LogP contribution in [0.25, 0.3) is 0 Å². The number of rotatable bonds is 4. The molecule has 2 heteroatoms. The summed E-state index contributed by atoms with van der Waals surface area (Å²) in [6.07, 6.45) is 0. The van der Waals surface area contributed by atoms with Crippen molar-refractivity contribution >= 4 is 11.8 Å². The Hall–Kier alpha value is -0.730. The van der Waals surface area contributed by atoms with Crippen molar-refractivity contribution in [1.29, 1.82) is 0 Å². The largest absolute Gasteiger partial charge is 0.385 e. The molecule has 0 heterocycles. The van der Waals surface area contributed by atoms with Crippen LogP contribution in [-0.2, 0) is 0 Å². The first kappa shape index (κ1) is 11.3. The number of hydrogen-bond donors (Lipinski definition) is 1. The molecule has 0 saturated heterocycles. The molecule has 0 spiro atoms. The van der Waals surface area contributed by atoms with Crippen molar-refractivity contribution in [3.8, 4) is 0 Å². The van der Waals surface area contributed by atoms with Gasteiger partial charge in [-0.05, 0) is 31.6 Å². The minimum Gasteiger partial charge on any atom is -0.385 e.